The monoisotopic (exact) mass is 1240 g/mol. The zero-order chi connectivity index (χ0) is 65.1. The van der Waals surface area contributed by atoms with Gasteiger partial charge in [-0.2, -0.15) is 0 Å². The van der Waals surface area contributed by atoms with E-state index in [2.05, 4.69) is 24.6 Å². The summed E-state index contributed by atoms with van der Waals surface area (Å²) in [6.07, 6.45) is 56.7. The number of unbranched alkanes of at least 4 members (excludes halogenated alkanes) is 37. The van der Waals surface area contributed by atoms with Crippen LogP contribution in [-0.2, 0) is 4.79 Å². The maximum Gasteiger partial charge on any atom is 0.376 e. The Hall–Kier alpha value is -0.660. The Labute approximate surface area is 548 Å². The number of nitrogens with zero attached hydrogens (tertiary/aromatic N) is 6. The highest BCUT2D eigenvalue weighted by molar-refractivity contribution is 6.46. The number of rotatable bonds is 70. The van der Waals surface area contributed by atoms with Crippen molar-refractivity contribution in [3.05, 3.63) is 0 Å². The van der Waals surface area contributed by atoms with Gasteiger partial charge in [0, 0.05) is 13.0 Å². The molecule has 0 saturated carbocycles. The normalized spacial score (nSPS) is 12.0. The van der Waals surface area contributed by atoms with E-state index in [0.29, 0.717) is 6.42 Å². The fourth-order valence-electron chi connectivity index (χ4n) is 12.6. The number of amides is 1. The molecule has 0 spiro atoms. The van der Waals surface area contributed by atoms with E-state index in [1.165, 1.54) is 199 Å². The Morgan fingerprint density at radius 3 is 0.852 bits per heavy atom. The summed E-state index contributed by atoms with van der Waals surface area (Å²) < 4.78 is 0. The van der Waals surface area contributed by atoms with Crippen LogP contribution in [0, 0.1) is 5.92 Å². The predicted octanol–water partition coefficient (Wildman–Crippen LogP) is 13.0. The van der Waals surface area contributed by atoms with Crippen molar-refractivity contribution in [1.82, 2.24) is 34.2 Å². The minimum Gasteiger partial charge on any atom is -0.437 e. The first-order valence-corrected chi connectivity index (χ1v) is 37.9. The SMILES string of the molecule is CB(O)N(C)CCCN(CCCCN(CC(CCCCCCNC(=O)CCCCCCCCCCCCCCCCCCCCCCCCCCCCCCCCCCCN)CN(CCCCN(CCCN(C)B(C)O)B(C)O)B(C)O)B(C)O)B(C)O. The lowest BCUT2D eigenvalue weighted by molar-refractivity contribution is -0.121. The van der Waals surface area contributed by atoms with Crippen molar-refractivity contribution >= 4 is 48.2 Å². The largest absolute Gasteiger partial charge is 0.437 e. The first-order valence-electron chi connectivity index (χ1n) is 37.9. The quantitative estimate of drug-likeness (QED) is 0.0212. The van der Waals surface area contributed by atoms with Crippen LogP contribution < -0.4 is 11.1 Å². The summed E-state index contributed by atoms with van der Waals surface area (Å²) in [5.41, 5.74) is 5.58. The molecule has 0 aliphatic rings. The molecule has 15 nitrogen and oxygen atoms in total. The van der Waals surface area contributed by atoms with Gasteiger partial charge in [-0.05, 0) is 197 Å². The van der Waals surface area contributed by atoms with Gasteiger partial charge >= 0.3 is 42.3 Å². The second kappa shape index (κ2) is 63.7. The lowest BCUT2D eigenvalue weighted by Gasteiger charge is -2.33. The Morgan fingerprint density at radius 1 is 0.318 bits per heavy atom. The van der Waals surface area contributed by atoms with E-state index in [9.17, 15) is 34.9 Å². The Bertz CT molecular complexity index is 1410. The number of hydrogen-bond acceptors (Lipinski definition) is 14. The van der Waals surface area contributed by atoms with E-state index < -0.39 is 42.3 Å². The third-order valence-electron chi connectivity index (χ3n) is 19.0. The van der Waals surface area contributed by atoms with Crippen molar-refractivity contribution < 1.29 is 34.9 Å². The third-order valence-corrected chi connectivity index (χ3v) is 19.0. The Kier molecular flexibility index (Phi) is 63.2. The van der Waals surface area contributed by atoms with Gasteiger partial charge in [0.15, 0.2) is 0 Å². The molecule has 9 N–H and O–H groups in total. The van der Waals surface area contributed by atoms with Gasteiger partial charge in [0.2, 0.25) is 5.91 Å². The molecule has 88 heavy (non-hydrogen) atoms. The van der Waals surface area contributed by atoms with Crippen molar-refractivity contribution in [3.63, 3.8) is 0 Å². The van der Waals surface area contributed by atoms with Gasteiger partial charge in [-0.3, -0.25) is 4.79 Å². The van der Waals surface area contributed by atoms with Crippen LogP contribution in [0.1, 0.15) is 289 Å². The van der Waals surface area contributed by atoms with Crippen LogP contribution in [-0.4, -0.2) is 200 Å². The highest BCUT2D eigenvalue weighted by Crippen LogP contribution is 2.20. The number of carbonyl (C=O) groups excluding carboxylic acids is 1. The van der Waals surface area contributed by atoms with Crippen LogP contribution in [0.2, 0.25) is 40.9 Å². The molecule has 0 fully saturated rings. The maximum absolute atomic E-state index is 12.7. The molecule has 0 aromatic heterocycles. The van der Waals surface area contributed by atoms with Gasteiger partial charge in [0.1, 0.15) is 0 Å². The second-order valence-electron chi connectivity index (χ2n) is 27.6. The van der Waals surface area contributed by atoms with Crippen molar-refractivity contribution in [2.75, 3.05) is 92.6 Å². The summed E-state index contributed by atoms with van der Waals surface area (Å²) in [6.45, 7) is 19.9. The molecule has 0 bridgehead atoms. The van der Waals surface area contributed by atoms with Gasteiger partial charge in [-0.15, -0.1) is 0 Å². The van der Waals surface area contributed by atoms with Crippen LogP contribution in [0.3, 0.4) is 0 Å². The molecule has 0 atom stereocenters. The fourth-order valence-corrected chi connectivity index (χ4v) is 12.6. The summed E-state index contributed by atoms with van der Waals surface area (Å²) in [4.78, 5) is 25.0. The van der Waals surface area contributed by atoms with Gasteiger partial charge in [-0.25, -0.2) is 0 Å². The third kappa shape index (κ3) is 56.8. The van der Waals surface area contributed by atoms with E-state index >= 15 is 0 Å². The van der Waals surface area contributed by atoms with Crippen molar-refractivity contribution in [2.24, 2.45) is 11.7 Å². The van der Waals surface area contributed by atoms with E-state index in [4.69, 9.17) is 5.73 Å². The lowest BCUT2D eigenvalue weighted by Crippen LogP contribution is -2.47. The fraction of sp³-hybridized carbons (Fsp3) is 0.985. The first-order chi connectivity index (χ1) is 42.5. The minimum absolute atomic E-state index is 0.184. The molecule has 21 heteroatoms. The Morgan fingerprint density at radius 2 is 0.568 bits per heavy atom. The molecular formula is C67H148B6N8O7. The summed E-state index contributed by atoms with van der Waals surface area (Å²) in [7, 11) is 0.474. The molecule has 0 saturated heterocycles. The van der Waals surface area contributed by atoms with E-state index in [-0.39, 0.29) is 11.8 Å². The summed E-state index contributed by atoms with van der Waals surface area (Å²) in [5.74, 6) is 0.421. The molecular weight excluding hydrogens is 1090 g/mol. The summed E-state index contributed by atoms with van der Waals surface area (Å²) in [5, 5.41) is 66.0. The Balaban J connectivity index is 4.40. The minimum atomic E-state index is -0.613. The molecule has 0 heterocycles. The van der Waals surface area contributed by atoms with Crippen molar-refractivity contribution in [1.29, 1.82) is 0 Å². The second-order valence-corrected chi connectivity index (χ2v) is 27.6. The van der Waals surface area contributed by atoms with Crippen LogP contribution in [0.25, 0.3) is 0 Å². The predicted molar refractivity (Wildman–Crippen MR) is 388 cm³/mol. The highest BCUT2D eigenvalue weighted by atomic mass is 16.2. The molecule has 0 unspecified atom stereocenters. The van der Waals surface area contributed by atoms with Gasteiger partial charge in [0.25, 0.3) is 0 Å². The molecule has 516 valence electrons. The molecule has 0 radical (unpaired) electrons. The zero-order valence-electron chi connectivity index (χ0n) is 59.7. The van der Waals surface area contributed by atoms with Gasteiger partial charge in [0.05, 0.1) is 0 Å². The van der Waals surface area contributed by atoms with Crippen LogP contribution in [0.15, 0.2) is 0 Å². The zero-order valence-corrected chi connectivity index (χ0v) is 59.7. The highest BCUT2D eigenvalue weighted by Gasteiger charge is 2.26. The van der Waals surface area contributed by atoms with Crippen LogP contribution in [0.4, 0.5) is 0 Å². The van der Waals surface area contributed by atoms with Crippen molar-refractivity contribution in [3.8, 4) is 0 Å². The van der Waals surface area contributed by atoms with E-state index in [1.807, 2.05) is 51.0 Å². The number of hydrogen-bond donors (Lipinski definition) is 8. The molecule has 0 aromatic carbocycles. The summed E-state index contributed by atoms with van der Waals surface area (Å²) >= 11 is 0. The molecule has 1 amide bonds. The first kappa shape index (κ1) is 87.3. The number of nitrogens with two attached hydrogens (primary N) is 1. The average Bonchev–Trinajstić information content (AvgIpc) is 3.57. The van der Waals surface area contributed by atoms with E-state index in [0.717, 1.165) is 162 Å². The van der Waals surface area contributed by atoms with Crippen molar-refractivity contribution in [2.45, 2.75) is 330 Å². The van der Waals surface area contributed by atoms with Crippen LogP contribution >= 0.6 is 0 Å². The molecule has 0 aliphatic heterocycles. The standard InChI is InChI=1S/C67H148B6N8O7/c1-68(83)76(7)56-50-62-78(70(3)85)58-46-48-60-80(72(5)87)64-66(65-81(73(6)88)61-49-47-59-79(71(4)86)63-51-57-77(8)69(2)84)52-42-39-41-45-55-75-67(82)53-43-38-36-34-32-30-28-26-24-22-20-18-16-14-12-10-9-11-13-15-17-19-21-23-25-27-29-31-33-35-37-40-44-54-74/h66,83-88H,9-65,74H2,1-8H3,(H,75,82). The maximum atomic E-state index is 12.7. The van der Waals surface area contributed by atoms with Gasteiger partial charge in [-0.1, -0.05) is 218 Å². The van der Waals surface area contributed by atoms with Gasteiger partial charge < -0.3 is 70.1 Å². The molecule has 0 aromatic rings. The topological polar surface area (TPSA) is 196 Å². The lowest BCUT2D eigenvalue weighted by atomic mass is 9.80. The molecule has 0 aliphatic carbocycles. The molecule has 0 rings (SSSR count). The number of carbonyl (C=O) groups is 1. The number of nitrogens with one attached hydrogen (secondary N) is 1. The average molecular weight is 1240 g/mol. The summed E-state index contributed by atoms with van der Waals surface area (Å²) in [6, 6.07) is 0. The van der Waals surface area contributed by atoms with E-state index in [1.54, 1.807) is 13.6 Å². The van der Waals surface area contributed by atoms with Crippen LogP contribution in [0.5, 0.6) is 0 Å². The smallest absolute Gasteiger partial charge is 0.376 e.